The molecule has 0 aromatic heterocycles. The second-order valence-corrected chi connectivity index (χ2v) is 10.4. The van der Waals surface area contributed by atoms with Gasteiger partial charge in [0.05, 0.1) is 12.8 Å². The Morgan fingerprint density at radius 1 is 0.919 bits per heavy atom. The highest BCUT2D eigenvalue weighted by Gasteiger charge is 2.26. The number of hydrogen-bond donors (Lipinski definition) is 2. The minimum atomic E-state index is -0.145. The fourth-order valence-electron chi connectivity index (χ4n) is 5.81. The van der Waals surface area contributed by atoms with Crippen molar-refractivity contribution in [1.82, 2.24) is 4.90 Å². The molecule has 0 unspecified atom stereocenters. The number of aliphatic imine (C=N–C) groups is 1. The van der Waals surface area contributed by atoms with Gasteiger partial charge >= 0.3 is 0 Å². The molecule has 2 aromatic carbocycles. The molecule has 198 valence electrons. The average Bonchev–Trinajstić information content (AvgIpc) is 2.90. The Bertz CT molecular complexity index is 1150. The van der Waals surface area contributed by atoms with Gasteiger partial charge in [-0.25, -0.2) is 0 Å². The summed E-state index contributed by atoms with van der Waals surface area (Å²) in [6, 6.07) is 12.5. The van der Waals surface area contributed by atoms with Crippen molar-refractivity contribution in [1.29, 1.82) is 0 Å². The molecule has 37 heavy (non-hydrogen) atoms. The van der Waals surface area contributed by atoms with Gasteiger partial charge in [-0.3, -0.25) is 9.69 Å². The lowest BCUT2D eigenvalue weighted by Gasteiger charge is -2.40. The number of aryl methyl sites for hydroxylation is 1. The Labute approximate surface area is 219 Å². The summed E-state index contributed by atoms with van der Waals surface area (Å²) in [5, 5.41) is 0. The van der Waals surface area contributed by atoms with E-state index in [2.05, 4.69) is 50.9 Å². The minimum Gasteiger partial charge on any atom is -0.495 e. The number of amides is 1. The van der Waals surface area contributed by atoms with Gasteiger partial charge in [-0.15, -0.1) is 0 Å². The molecule has 2 saturated heterocycles. The third-order valence-corrected chi connectivity index (χ3v) is 7.95. The number of guanidine groups is 1. The van der Waals surface area contributed by atoms with Crippen LogP contribution in [0.15, 0.2) is 41.4 Å². The van der Waals surface area contributed by atoms with E-state index in [0.717, 1.165) is 73.6 Å². The lowest BCUT2D eigenvalue weighted by molar-refractivity contribution is -0.117. The Morgan fingerprint density at radius 3 is 2.32 bits per heavy atom. The lowest BCUT2D eigenvalue weighted by Crippen LogP contribution is -2.49. The highest BCUT2D eigenvalue weighted by atomic mass is 16.5. The van der Waals surface area contributed by atoms with Gasteiger partial charge in [-0.1, -0.05) is 0 Å². The van der Waals surface area contributed by atoms with Gasteiger partial charge in [-0.2, -0.15) is 4.99 Å². The van der Waals surface area contributed by atoms with Crippen molar-refractivity contribution in [3.8, 4) is 5.75 Å². The van der Waals surface area contributed by atoms with E-state index in [0.29, 0.717) is 18.9 Å². The van der Waals surface area contributed by atoms with Crippen molar-refractivity contribution in [2.75, 3.05) is 79.9 Å². The molecule has 0 radical (unpaired) electrons. The number of piperazine rings is 1. The van der Waals surface area contributed by atoms with Crippen LogP contribution in [0.25, 0.3) is 0 Å². The number of carbonyl (C=O) groups is 1. The number of anilines is 4. The molecule has 3 aliphatic heterocycles. The highest BCUT2D eigenvalue weighted by Crippen LogP contribution is 2.33. The van der Waals surface area contributed by atoms with Crippen LogP contribution in [0.3, 0.4) is 0 Å². The van der Waals surface area contributed by atoms with Crippen LogP contribution in [0.1, 0.15) is 24.8 Å². The van der Waals surface area contributed by atoms with Crippen LogP contribution in [0.4, 0.5) is 22.7 Å². The van der Waals surface area contributed by atoms with Crippen LogP contribution in [0.5, 0.6) is 5.75 Å². The van der Waals surface area contributed by atoms with Gasteiger partial charge in [0.15, 0.2) is 0 Å². The van der Waals surface area contributed by atoms with Crippen LogP contribution in [-0.2, 0) is 4.79 Å². The maximum Gasteiger partial charge on any atom is 0.250 e. The predicted molar refractivity (Wildman–Crippen MR) is 151 cm³/mol. The molecule has 0 aliphatic carbocycles. The summed E-state index contributed by atoms with van der Waals surface area (Å²) in [6.07, 6.45) is 2.80. The summed E-state index contributed by atoms with van der Waals surface area (Å²) >= 11 is 0. The zero-order chi connectivity index (χ0) is 25.9. The molecule has 3 heterocycles. The van der Waals surface area contributed by atoms with E-state index in [1.54, 1.807) is 7.11 Å². The molecular weight excluding hydrogens is 466 g/mol. The summed E-state index contributed by atoms with van der Waals surface area (Å²) in [7, 11) is 1.71. The zero-order valence-corrected chi connectivity index (χ0v) is 22.0. The van der Waals surface area contributed by atoms with Crippen LogP contribution in [-0.4, -0.2) is 76.2 Å². The number of nitrogen functional groups attached to an aromatic ring is 1. The normalized spacial score (nSPS) is 19.8. The Morgan fingerprint density at radius 2 is 1.65 bits per heavy atom. The first-order valence-electron chi connectivity index (χ1n) is 13.3. The van der Waals surface area contributed by atoms with Crippen molar-refractivity contribution in [2.45, 2.75) is 26.2 Å². The monoisotopic (exact) mass is 505 g/mol. The van der Waals surface area contributed by atoms with Crippen molar-refractivity contribution >= 4 is 34.6 Å². The topological polar surface area (TPSA) is 104 Å². The smallest absolute Gasteiger partial charge is 0.250 e. The van der Waals surface area contributed by atoms with Crippen molar-refractivity contribution in [3.05, 3.63) is 42.0 Å². The Balaban J connectivity index is 1.11. The third-order valence-electron chi connectivity index (χ3n) is 7.95. The van der Waals surface area contributed by atoms with E-state index < -0.39 is 0 Å². The first-order chi connectivity index (χ1) is 17.9. The van der Waals surface area contributed by atoms with Crippen molar-refractivity contribution in [3.63, 3.8) is 0 Å². The molecule has 0 atom stereocenters. The zero-order valence-electron chi connectivity index (χ0n) is 22.0. The van der Waals surface area contributed by atoms with Gasteiger partial charge in [0.25, 0.3) is 5.91 Å². The van der Waals surface area contributed by atoms with E-state index >= 15 is 0 Å². The highest BCUT2D eigenvalue weighted by molar-refractivity contribution is 6.04. The maximum atomic E-state index is 11.5. The molecule has 1 amide bonds. The number of nitrogens with zero attached hydrogens (tertiary/aromatic N) is 5. The number of ether oxygens (including phenoxy) is 1. The van der Waals surface area contributed by atoms with Crippen LogP contribution >= 0.6 is 0 Å². The molecule has 2 aromatic rings. The number of rotatable bonds is 6. The van der Waals surface area contributed by atoms with Gasteiger partial charge in [0.2, 0.25) is 5.96 Å². The summed E-state index contributed by atoms with van der Waals surface area (Å²) in [4.78, 5) is 24.9. The van der Waals surface area contributed by atoms with E-state index in [9.17, 15) is 4.79 Å². The summed E-state index contributed by atoms with van der Waals surface area (Å²) in [5.74, 6) is 1.74. The van der Waals surface area contributed by atoms with Crippen LogP contribution < -0.4 is 30.9 Å². The summed E-state index contributed by atoms with van der Waals surface area (Å²) in [5.41, 5.74) is 17.3. The number of nitrogens with two attached hydrogens (primary N) is 2. The van der Waals surface area contributed by atoms with Crippen LogP contribution in [0, 0.1) is 12.8 Å². The number of hydrogen-bond acceptors (Lipinski definition) is 8. The summed E-state index contributed by atoms with van der Waals surface area (Å²) < 4.78 is 5.57. The van der Waals surface area contributed by atoms with Crippen molar-refractivity contribution < 1.29 is 9.53 Å². The molecule has 5 rings (SSSR count). The number of piperidine rings is 1. The molecule has 0 spiro atoms. The summed E-state index contributed by atoms with van der Waals surface area (Å²) in [6.45, 7) is 10.2. The minimum absolute atomic E-state index is 0.145. The molecular formula is C28H39N7O2. The molecule has 0 saturated carbocycles. The molecule has 9 nitrogen and oxygen atoms in total. The van der Waals surface area contributed by atoms with Crippen LogP contribution in [0.2, 0.25) is 0 Å². The van der Waals surface area contributed by atoms with E-state index in [1.165, 1.54) is 25.1 Å². The molecule has 2 fully saturated rings. The average molecular weight is 506 g/mol. The van der Waals surface area contributed by atoms with Gasteiger partial charge in [0.1, 0.15) is 5.75 Å². The second kappa shape index (κ2) is 10.9. The molecule has 3 aliphatic rings. The molecule has 4 N–H and O–H groups in total. The molecule has 9 heteroatoms. The number of carbonyl (C=O) groups excluding carboxylic acids is 1. The maximum absolute atomic E-state index is 11.5. The number of methoxy groups -OCH3 is 1. The van der Waals surface area contributed by atoms with E-state index in [4.69, 9.17) is 16.2 Å². The lowest BCUT2D eigenvalue weighted by atomic mass is 9.95. The standard InChI is InChI=1S/C28H39N7O2/c1-20-17-23(4-6-24(20)35-12-9-27(36)31-28(35)30)33-15-13-32(14-16-33)19-21-7-10-34(11-8-21)25-5-3-22(29)18-26(25)37-2/h3-6,17-18,21H,7-16,19,29H2,1-2H3,(H2,30,31,36). The van der Waals surface area contributed by atoms with Crippen molar-refractivity contribution in [2.24, 2.45) is 16.6 Å². The molecule has 0 bridgehead atoms. The van der Waals surface area contributed by atoms with E-state index in [-0.39, 0.29) is 5.91 Å². The third kappa shape index (κ3) is 5.61. The largest absolute Gasteiger partial charge is 0.495 e. The first kappa shape index (κ1) is 25.2. The van der Waals surface area contributed by atoms with Gasteiger partial charge < -0.3 is 30.9 Å². The first-order valence-corrected chi connectivity index (χ1v) is 13.3. The van der Waals surface area contributed by atoms with E-state index in [1.807, 2.05) is 17.0 Å². The fraction of sp³-hybridized carbons (Fsp3) is 0.500. The predicted octanol–water partition coefficient (Wildman–Crippen LogP) is 2.68. The van der Waals surface area contributed by atoms with Gasteiger partial charge in [0, 0.05) is 81.9 Å². The number of benzene rings is 2. The SMILES string of the molecule is COc1cc(N)ccc1N1CCC(CN2CCN(c3ccc(N4CCC(=O)N=C4N)c(C)c3)CC2)CC1. The quantitative estimate of drug-likeness (QED) is 0.578. The fourth-order valence-corrected chi connectivity index (χ4v) is 5.81. The van der Waals surface area contributed by atoms with Gasteiger partial charge in [-0.05, 0) is 61.6 Å². The second-order valence-electron chi connectivity index (χ2n) is 10.4. The Kier molecular flexibility index (Phi) is 7.41. The Hall–Kier alpha value is -3.46.